The van der Waals surface area contributed by atoms with Crippen LogP contribution in [0.5, 0.6) is 0 Å². The number of piperazine rings is 1. The quantitative estimate of drug-likeness (QED) is 0.533. The molecule has 2 aliphatic rings. The van der Waals surface area contributed by atoms with Crippen molar-refractivity contribution in [3.8, 4) is 0 Å². The lowest BCUT2D eigenvalue weighted by atomic mass is 9.87. The van der Waals surface area contributed by atoms with E-state index >= 15 is 0 Å². The minimum Gasteiger partial charge on any atom is -0.391 e. The summed E-state index contributed by atoms with van der Waals surface area (Å²) in [6.07, 6.45) is 2.17. The fourth-order valence-electron chi connectivity index (χ4n) is 1.90. The van der Waals surface area contributed by atoms with E-state index in [1.807, 2.05) is 0 Å². The summed E-state index contributed by atoms with van der Waals surface area (Å²) >= 11 is 0. The molecule has 1 heterocycles. The average molecular weight is 156 g/mol. The van der Waals surface area contributed by atoms with E-state index < -0.39 is 0 Å². The van der Waals surface area contributed by atoms with Crippen molar-refractivity contribution in [2.45, 2.75) is 25.0 Å². The SMILES string of the molecule is OC1CCC1N1CCNCC1. The number of nitrogens with zero attached hydrogens (tertiary/aromatic N) is 1. The summed E-state index contributed by atoms with van der Waals surface area (Å²) in [7, 11) is 0. The van der Waals surface area contributed by atoms with Gasteiger partial charge in [-0.3, -0.25) is 4.90 Å². The highest BCUT2D eigenvalue weighted by molar-refractivity contribution is 4.90. The molecule has 2 unspecified atom stereocenters. The standard InChI is InChI=1S/C8H16N2O/c11-8-2-1-7(8)10-5-3-9-4-6-10/h7-9,11H,1-6H2. The lowest BCUT2D eigenvalue weighted by molar-refractivity contribution is -0.0252. The zero-order valence-electron chi connectivity index (χ0n) is 6.79. The van der Waals surface area contributed by atoms with Crippen molar-refractivity contribution < 1.29 is 5.11 Å². The maximum absolute atomic E-state index is 9.40. The Morgan fingerprint density at radius 3 is 2.36 bits per heavy atom. The van der Waals surface area contributed by atoms with Crippen LogP contribution in [-0.4, -0.2) is 48.3 Å². The highest BCUT2D eigenvalue weighted by atomic mass is 16.3. The Morgan fingerprint density at radius 1 is 1.18 bits per heavy atom. The second kappa shape index (κ2) is 3.09. The Bertz CT molecular complexity index is 134. The van der Waals surface area contributed by atoms with Crippen molar-refractivity contribution in [1.82, 2.24) is 10.2 Å². The van der Waals surface area contributed by atoms with E-state index in [2.05, 4.69) is 10.2 Å². The molecular formula is C8H16N2O. The van der Waals surface area contributed by atoms with Crippen LogP contribution in [0.25, 0.3) is 0 Å². The van der Waals surface area contributed by atoms with E-state index in [9.17, 15) is 5.11 Å². The number of hydrogen-bond donors (Lipinski definition) is 2. The summed E-state index contributed by atoms with van der Waals surface area (Å²) in [5.41, 5.74) is 0. The van der Waals surface area contributed by atoms with Crippen LogP contribution in [0.4, 0.5) is 0 Å². The minimum absolute atomic E-state index is 0.0342. The molecule has 0 amide bonds. The third-order valence-electron chi connectivity index (χ3n) is 2.82. The lowest BCUT2D eigenvalue weighted by Gasteiger charge is -2.43. The molecule has 64 valence electrons. The van der Waals surface area contributed by atoms with Gasteiger partial charge in [0.2, 0.25) is 0 Å². The molecule has 0 aromatic heterocycles. The van der Waals surface area contributed by atoms with Crippen LogP contribution in [0.2, 0.25) is 0 Å². The molecule has 1 saturated heterocycles. The van der Waals surface area contributed by atoms with Crippen LogP contribution in [0.15, 0.2) is 0 Å². The van der Waals surface area contributed by atoms with Gasteiger partial charge in [0.15, 0.2) is 0 Å². The van der Waals surface area contributed by atoms with E-state index in [4.69, 9.17) is 0 Å². The van der Waals surface area contributed by atoms with E-state index in [0.717, 1.165) is 32.6 Å². The van der Waals surface area contributed by atoms with Gasteiger partial charge in [-0.2, -0.15) is 0 Å². The summed E-state index contributed by atoms with van der Waals surface area (Å²) in [6.45, 7) is 4.40. The maximum atomic E-state index is 9.40. The molecule has 2 rings (SSSR count). The van der Waals surface area contributed by atoms with Gasteiger partial charge in [-0.15, -0.1) is 0 Å². The van der Waals surface area contributed by atoms with Gasteiger partial charge in [0.1, 0.15) is 0 Å². The normalized spacial score (nSPS) is 40.1. The molecule has 0 aromatic carbocycles. The monoisotopic (exact) mass is 156 g/mol. The first-order valence-corrected chi connectivity index (χ1v) is 4.51. The maximum Gasteiger partial charge on any atom is 0.0696 e. The van der Waals surface area contributed by atoms with Crippen molar-refractivity contribution in [3.63, 3.8) is 0 Å². The number of nitrogens with one attached hydrogen (secondary N) is 1. The smallest absolute Gasteiger partial charge is 0.0696 e. The van der Waals surface area contributed by atoms with E-state index in [0.29, 0.717) is 6.04 Å². The van der Waals surface area contributed by atoms with Crippen molar-refractivity contribution in [2.24, 2.45) is 0 Å². The van der Waals surface area contributed by atoms with Gasteiger partial charge >= 0.3 is 0 Å². The van der Waals surface area contributed by atoms with Gasteiger partial charge in [0.05, 0.1) is 6.10 Å². The Labute approximate surface area is 67.4 Å². The molecular weight excluding hydrogens is 140 g/mol. The Hall–Kier alpha value is -0.120. The molecule has 1 saturated carbocycles. The number of hydrogen-bond acceptors (Lipinski definition) is 3. The fraction of sp³-hybridized carbons (Fsp3) is 1.00. The second-order valence-corrected chi connectivity index (χ2v) is 3.50. The molecule has 1 aliphatic heterocycles. The predicted molar refractivity (Wildman–Crippen MR) is 43.5 cm³/mol. The fourth-order valence-corrected chi connectivity index (χ4v) is 1.90. The largest absolute Gasteiger partial charge is 0.391 e. The van der Waals surface area contributed by atoms with Gasteiger partial charge in [0.25, 0.3) is 0 Å². The summed E-state index contributed by atoms with van der Waals surface area (Å²) < 4.78 is 0. The van der Waals surface area contributed by atoms with Crippen LogP contribution < -0.4 is 5.32 Å². The van der Waals surface area contributed by atoms with Gasteiger partial charge in [-0.1, -0.05) is 0 Å². The van der Waals surface area contributed by atoms with E-state index in [1.165, 1.54) is 6.42 Å². The van der Waals surface area contributed by atoms with Crippen LogP contribution in [0.1, 0.15) is 12.8 Å². The number of rotatable bonds is 1. The third kappa shape index (κ3) is 1.41. The number of aliphatic hydroxyl groups excluding tert-OH is 1. The molecule has 1 aliphatic carbocycles. The first-order chi connectivity index (χ1) is 5.38. The Balaban J connectivity index is 1.83. The Kier molecular flexibility index (Phi) is 2.11. The van der Waals surface area contributed by atoms with E-state index in [1.54, 1.807) is 0 Å². The third-order valence-corrected chi connectivity index (χ3v) is 2.82. The van der Waals surface area contributed by atoms with Crippen molar-refractivity contribution in [3.05, 3.63) is 0 Å². The van der Waals surface area contributed by atoms with Crippen LogP contribution in [0, 0.1) is 0 Å². The topological polar surface area (TPSA) is 35.5 Å². The first kappa shape index (κ1) is 7.53. The highest BCUT2D eigenvalue weighted by Gasteiger charge is 2.34. The van der Waals surface area contributed by atoms with Crippen LogP contribution in [0.3, 0.4) is 0 Å². The van der Waals surface area contributed by atoms with Crippen molar-refractivity contribution in [1.29, 1.82) is 0 Å². The predicted octanol–water partition coefficient (Wildman–Crippen LogP) is -0.585. The molecule has 0 aromatic rings. The molecule has 0 spiro atoms. The van der Waals surface area contributed by atoms with E-state index in [-0.39, 0.29) is 6.10 Å². The summed E-state index contributed by atoms with van der Waals surface area (Å²) in [5, 5.41) is 12.7. The van der Waals surface area contributed by atoms with Gasteiger partial charge < -0.3 is 10.4 Å². The first-order valence-electron chi connectivity index (χ1n) is 4.51. The molecule has 2 atom stereocenters. The zero-order valence-corrected chi connectivity index (χ0v) is 6.79. The summed E-state index contributed by atoms with van der Waals surface area (Å²) in [5.74, 6) is 0. The highest BCUT2D eigenvalue weighted by Crippen LogP contribution is 2.25. The van der Waals surface area contributed by atoms with Crippen LogP contribution in [-0.2, 0) is 0 Å². The molecule has 3 nitrogen and oxygen atoms in total. The summed E-state index contributed by atoms with van der Waals surface area (Å²) in [6, 6.07) is 0.483. The average Bonchev–Trinajstić information content (AvgIpc) is 2.04. The lowest BCUT2D eigenvalue weighted by Crippen LogP contribution is -2.56. The van der Waals surface area contributed by atoms with Gasteiger partial charge in [0, 0.05) is 32.2 Å². The molecule has 3 heteroatoms. The molecule has 0 radical (unpaired) electrons. The van der Waals surface area contributed by atoms with Gasteiger partial charge in [-0.05, 0) is 12.8 Å². The molecule has 11 heavy (non-hydrogen) atoms. The Morgan fingerprint density at radius 2 is 1.91 bits per heavy atom. The zero-order chi connectivity index (χ0) is 7.68. The van der Waals surface area contributed by atoms with Crippen molar-refractivity contribution >= 4 is 0 Å². The van der Waals surface area contributed by atoms with Gasteiger partial charge in [-0.25, -0.2) is 0 Å². The van der Waals surface area contributed by atoms with Crippen molar-refractivity contribution in [2.75, 3.05) is 26.2 Å². The molecule has 0 bridgehead atoms. The minimum atomic E-state index is -0.0342. The van der Waals surface area contributed by atoms with Crippen LogP contribution >= 0.6 is 0 Å². The second-order valence-electron chi connectivity index (χ2n) is 3.50. The summed E-state index contributed by atoms with van der Waals surface area (Å²) in [4.78, 5) is 2.41. The molecule has 2 fully saturated rings. The number of aliphatic hydroxyl groups is 1. The molecule has 2 N–H and O–H groups in total.